The monoisotopic (exact) mass is 387 g/mol. The molecule has 3 aromatic heterocycles. The summed E-state index contributed by atoms with van der Waals surface area (Å²) in [6.07, 6.45) is 3.40. The molecule has 0 radical (unpaired) electrons. The van der Waals surface area contributed by atoms with E-state index in [1.54, 1.807) is 24.5 Å². The molecule has 0 unspecified atom stereocenters. The lowest BCUT2D eigenvalue weighted by molar-refractivity contribution is 1.25. The van der Waals surface area contributed by atoms with Crippen LogP contribution in [-0.2, 0) is 0 Å². The zero-order valence-electron chi connectivity index (χ0n) is 14.5. The Balaban J connectivity index is 1.81. The molecule has 3 N–H and O–H groups in total. The number of pyridine rings is 2. The lowest BCUT2D eigenvalue weighted by Gasteiger charge is -2.13. The molecule has 5 rings (SSSR count). The van der Waals surface area contributed by atoms with Crippen molar-refractivity contribution in [2.75, 3.05) is 5.32 Å². The van der Waals surface area contributed by atoms with Gasteiger partial charge in [-0.2, -0.15) is 0 Å². The van der Waals surface area contributed by atoms with Crippen LogP contribution >= 0.6 is 11.6 Å². The molecule has 7 heteroatoms. The van der Waals surface area contributed by atoms with Gasteiger partial charge < -0.3 is 15.3 Å². The molecule has 0 aliphatic carbocycles. The molecule has 0 atom stereocenters. The first kappa shape index (κ1) is 16.5. The number of aromatic nitrogens is 4. The molecule has 136 valence electrons. The fraction of sp³-hybridized carbons (Fsp3) is 0. The summed E-state index contributed by atoms with van der Waals surface area (Å²) < 4.78 is 0. The number of nitrogens with zero attached hydrogens (tertiary/aromatic N) is 2. The van der Waals surface area contributed by atoms with E-state index in [1.165, 1.54) is 0 Å². The standard InChI is InChI=1S/C21H14ClN5O/c22-12-7-8-14-17(10-12)27-21(28)18(19(14)24-13-4-3-9-23-11-13)20-25-15-5-1-2-6-16(15)26-20/h1-11H,(H,25,26)(H2,24,27,28). The van der Waals surface area contributed by atoms with E-state index in [1.807, 2.05) is 42.5 Å². The number of para-hydroxylation sites is 2. The predicted octanol–water partition coefficient (Wildman–Crippen LogP) is 4.86. The Kier molecular flexibility index (Phi) is 3.84. The van der Waals surface area contributed by atoms with Crippen LogP contribution in [0.3, 0.4) is 0 Å². The van der Waals surface area contributed by atoms with Crippen molar-refractivity contribution in [3.05, 3.63) is 82.4 Å². The van der Waals surface area contributed by atoms with Gasteiger partial charge in [-0.15, -0.1) is 0 Å². The third kappa shape index (κ3) is 2.80. The van der Waals surface area contributed by atoms with Crippen molar-refractivity contribution in [2.45, 2.75) is 0 Å². The Morgan fingerprint density at radius 1 is 0.964 bits per heavy atom. The number of H-pyrrole nitrogens is 2. The summed E-state index contributed by atoms with van der Waals surface area (Å²) in [5.74, 6) is 0.491. The van der Waals surface area contributed by atoms with Crippen LogP contribution in [0, 0.1) is 0 Å². The van der Waals surface area contributed by atoms with Gasteiger partial charge >= 0.3 is 0 Å². The van der Waals surface area contributed by atoms with Crippen LogP contribution in [0.5, 0.6) is 0 Å². The normalized spacial score (nSPS) is 11.2. The summed E-state index contributed by atoms with van der Waals surface area (Å²) in [7, 11) is 0. The van der Waals surface area contributed by atoms with Crippen molar-refractivity contribution < 1.29 is 0 Å². The van der Waals surface area contributed by atoms with Crippen LogP contribution in [0.4, 0.5) is 11.4 Å². The summed E-state index contributed by atoms with van der Waals surface area (Å²) in [6.45, 7) is 0. The summed E-state index contributed by atoms with van der Waals surface area (Å²) in [5.41, 5.74) is 3.86. The van der Waals surface area contributed by atoms with E-state index in [4.69, 9.17) is 11.6 Å². The van der Waals surface area contributed by atoms with Crippen LogP contribution in [-0.4, -0.2) is 19.9 Å². The summed E-state index contributed by atoms with van der Waals surface area (Å²) in [5, 5.41) is 4.70. The summed E-state index contributed by atoms with van der Waals surface area (Å²) >= 11 is 6.12. The van der Waals surface area contributed by atoms with E-state index in [0.717, 1.165) is 22.1 Å². The molecule has 28 heavy (non-hydrogen) atoms. The molecular formula is C21H14ClN5O. The fourth-order valence-electron chi connectivity index (χ4n) is 3.28. The minimum atomic E-state index is -0.264. The van der Waals surface area contributed by atoms with E-state index in [-0.39, 0.29) is 5.56 Å². The van der Waals surface area contributed by atoms with Crippen molar-refractivity contribution in [3.63, 3.8) is 0 Å². The highest BCUT2D eigenvalue weighted by Gasteiger charge is 2.18. The SMILES string of the molecule is O=c1[nH]c2cc(Cl)ccc2c(Nc2cccnc2)c1-c1nc2ccccc2[nH]1. The highest BCUT2D eigenvalue weighted by atomic mass is 35.5. The number of hydrogen-bond donors (Lipinski definition) is 3. The molecule has 3 heterocycles. The Morgan fingerprint density at radius 2 is 1.86 bits per heavy atom. The van der Waals surface area contributed by atoms with E-state index in [9.17, 15) is 4.79 Å². The van der Waals surface area contributed by atoms with Crippen LogP contribution in [0.15, 0.2) is 71.8 Å². The third-order valence-electron chi connectivity index (χ3n) is 4.53. The maximum absolute atomic E-state index is 13.0. The molecule has 0 bridgehead atoms. The first-order valence-corrected chi connectivity index (χ1v) is 9.04. The smallest absolute Gasteiger partial charge is 0.261 e. The Bertz CT molecular complexity index is 1340. The molecule has 0 spiro atoms. The van der Waals surface area contributed by atoms with Gasteiger partial charge in [0.1, 0.15) is 11.4 Å². The average Bonchev–Trinajstić information content (AvgIpc) is 3.12. The molecule has 5 aromatic rings. The number of aromatic amines is 2. The predicted molar refractivity (Wildman–Crippen MR) is 112 cm³/mol. The highest BCUT2D eigenvalue weighted by molar-refractivity contribution is 6.31. The maximum Gasteiger partial charge on any atom is 0.261 e. The van der Waals surface area contributed by atoms with E-state index in [0.29, 0.717) is 27.6 Å². The minimum Gasteiger partial charge on any atom is -0.353 e. The average molecular weight is 388 g/mol. The second-order valence-corrected chi connectivity index (χ2v) is 6.80. The number of fused-ring (bicyclic) bond motifs is 2. The van der Waals surface area contributed by atoms with E-state index in [2.05, 4.69) is 25.3 Å². The number of hydrogen-bond acceptors (Lipinski definition) is 4. The van der Waals surface area contributed by atoms with Gasteiger partial charge in [0.2, 0.25) is 0 Å². The van der Waals surface area contributed by atoms with Gasteiger partial charge in [0.05, 0.1) is 34.1 Å². The van der Waals surface area contributed by atoms with E-state index >= 15 is 0 Å². The zero-order valence-corrected chi connectivity index (χ0v) is 15.3. The lowest BCUT2D eigenvalue weighted by Crippen LogP contribution is -2.13. The van der Waals surface area contributed by atoms with Crippen molar-refractivity contribution >= 4 is 44.9 Å². The number of rotatable bonds is 3. The molecule has 2 aromatic carbocycles. The Morgan fingerprint density at radius 3 is 2.68 bits per heavy atom. The Hall–Kier alpha value is -3.64. The van der Waals surface area contributed by atoms with Crippen LogP contribution < -0.4 is 10.9 Å². The van der Waals surface area contributed by atoms with Gasteiger partial charge in [-0.1, -0.05) is 23.7 Å². The summed E-state index contributed by atoms with van der Waals surface area (Å²) in [4.78, 5) is 27.9. The molecular weight excluding hydrogens is 374 g/mol. The van der Waals surface area contributed by atoms with Gasteiger partial charge in [0.15, 0.2) is 0 Å². The van der Waals surface area contributed by atoms with Gasteiger partial charge in [-0.25, -0.2) is 4.98 Å². The molecule has 0 amide bonds. The Labute approximate surface area is 164 Å². The minimum absolute atomic E-state index is 0.264. The molecule has 0 saturated heterocycles. The van der Waals surface area contributed by atoms with Gasteiger partial charge in [0.25, 0.3) is 5.56 Å². The molecule has 6 nitrogen and oxygen atoms in total. The second kappa shape index (κ2) is 6.51. The lowest BCUT2D eigenvalue weighted by atomic mass is 10.1. The molecule has 0 fully saturated rings. The number of anilines is 2. The number of halogens is 1. The van der Waals surface area contributed by atoms with E-state index < -0.39 is 0 Å². The first-order valence-electron chi connectivity index (χ1n) is 8.67. The summed E-state index contributed by atoms with van der Waals surface area (Å²) in [6, 6.07) is 16.8. The first-order chi connectivity index (χ1) is 13.7. The van der Waals surface area contributed by atoms with Crippen LogP contribution in [0.25, 0.3) is 33.3 Å². The number of imidazole rings is 1. The highest BCUT2D eigenvalue weighted by Crippen LogP contribution is 2.33. The quantitative estimate of drug-likeness (QED) is 0.412. The van der Waals surface area contributed by atoms with Crippen LogP contribution in [0.2, 0.25) is 5.02 Å². The van der Waals surface area contributed by atoms with Gasteiger partial charge in [-0.3, -0.25) is 9.78 Å². The van der Waals surface area contributed by atoms with Crippen molar-refractivity contribution in [2.24, 2.45) is 0 Å². The topological polar surface area (TPSA) is 86.5 Å². The zero-order chi connectivity index (χ0) is 19.1. The molecule has 0 aliphatic heterocycles. The van der Waals surface area contributed by atoms with Crippen molar-refractivity contribution in [3.8, 4) is 11.4 Å². The second-order valence-electron chi connectivity index (χ2n) is 6.36. The van der Waals surface area contributed by atoms with Gasteiger partial charge in [-0.05, 0) is 42.5 Å². The van der Waals surface area contributed by atoms with Crippen LogP contribution in [0.1, 0.15) is 0 Å². The number of nitrogens with one attached hydrogen (secondary N) is 3. The molecule has 0 saturated carbocycles. The van der Waals surface area contributed by atoms with Crippen molar-refractivity contribution in [1.29, 1.82) is 0 Å². The maximum atomic E-state index is 13.0. The fourth-order valence-corrected chi connectivity index (χ4v) is 3.45. The third-order valence-corrected chi connectivity index (χ3v) is 4.77. The van der Waals surface area contributed by atoms with Crippen molar-refractivity contribution in [1.82, 2.24) is 19.9 Å². The van der Waals surface area contributed by atoms with Gasteiger partial charge in [0, 0.05) is 16.6 Å². The largest absolute Gasteiger partial charge is 0.353 e. The molecule has 0 aliphatic rings. The number of benzene rings is 2.